The van der Waals surface area contributed by atoms with Crippen LogP contribution in [0.4, 0.5) is 0 Å². The van der Waals surface area contributed by atoms with Crippen LogP contribution in [-0.2, 0) is 14.3 Å². The minimum absolute atomic E-state index is 0.0530. The van der Waals surface area contributed by atoms with Crippen molar-refractivity contribution in [3.63, 3.8) is 0 Å². The number of hydrogen-bond acceptors (Lipinski definition) is 3. The average molecular weight is 202 g/mol. The molecule has 4 nitrogen and oxygen atoms in total. The van der Waals surface area contributed by atoms with E-state index in [0.29, 0.717) is 18.8 Å². The summed E-state index contributed by atoms with van der Waals surface area (Å²) in [6.45, 7) is 4.29. The van der Waals surface area contributed by atoms with Gasteiger partial charge in [0.15, 0.2) is 0 Å². The van der Waals surface area contributed by atoms with E-state index in [0.717, 1.165) is 6.42 Å². The van der Waals surface area contributed by atoms with E-state index in [9.17, 15) is 9.59 Å². The SMILES string of the molecule is CC(C)CCC(=O)OCCCC(=O)O. The lowest BCUT2D eigenvalue weighted by Crippen LogP contribution is -2.08. The van der Waals surface area contributed by atoms with Gasteiger partial charge in [0.25, 0.3) is 0 Å². The molecule has 0 aromatic carbocycles. The first-order valence-electron chi connectivity index (χ1n) is 4.89. The minimum atomic E-state index is -0.858. The van der Waals surface area contributed by atoms with Gasteiger partial charge in [-0.3, -0.25) is 9.59 Å². The first-order chi connectivity index (χ1) is 6.52. The number of hydrogen-bond donors (Lipinski definition) is 1. The zero-order valence-electron chi connectivity index (χ0n) is 8.78. The van der Waals surface area contributed by atoms with Crippen molar-refractivity contribution in [3.8, 4) is 0 Å². The Hall–Kier alpha value is -1.06. The Morgan fingerprint density at radius 2 is 1.93 bits per heavy atom. The van der Waals surface area contributed by atoms with E-state index >= 15 is 0 Å². The highest BCUT2D eigenvalue weighted by atomic mass is 16.5. The van der Waals surface area contributed by atoms with Crippen LogP contribution in [0.5, 0.6) is 0 Å². The van der Waals surface area contributed by atoms with Crippen molar-refractivity contribution in [1.29, 1.82) is 0 Å². The van der Waals surface area contributed by atoms with Crippen LogP contribution in [0.15, 0.2) is 0 Å². The molecule has 0 saturated carbocycles. The highest BCUT2D eigenvalue weighted by Crippen LogP contribution is 2.04. The van der Waals surface area contributed by atoms with E-state index in [1.54, 1.807) is 0 Å². The highest BCUT2D eigenvalue weighted by Gasteiger charge is 2.04. The molecule has 0 unspecified atom stereocenters. The van der Waals surface area contributed by atoms with Crippen LogP contribution in [0, 0.1) is 5.92 Å². The van der Waals surface area contributed by atoms with Gasteiger partial charge in [-0.15, -0.1) is 0 Å². The van der Waals surface area contributed by atoms with Gasteiger partial charge in [-0.25, -0.2) is 0 Å². The zero-order chi connectivity index (χ0) is 11.0. The van der Waals surface area contributed by atoms with E-state index < -0.39 is 5.97 Å². The molecule has 0 heterocycles. The van der Waals surface area contributed by atoms with Crippen LogP contribution < -0.4 is 0 Å². The van der Waals surface area contributed by atoms with Crippen molar-refractivity contribution in [3.05, 3.63) is 0 Å². The monoisotopic (exact) mass is 202 g/mol. The summed E-state index contributed by atoms with van der Waals surface area (Å²) in [5.74, 6) is -0.603. The Labute approximate surface area is 84.3 Å². The van der Waals surface area contributed by atoms with Gasteiger partial charge < -0.3 is 9.84 Å². The molecule has 0 radical (unpaired) electrons. The van der Waals surface area contributed by atoms with Crippen LogP contribution in [0.1, 0.15) is 39.5 Å². The number of carboxylic acid groups (broad SMARTS) is 1. The lowest BCUT2D eigenvalue weighted by Gasteiger charge is -2.05. The predicted octanol–water partition coefficient (Wildman–Crippen LogP) is 1.83. The van der Waals surface area contributed by atoms with Gasteiger partial charge in [-0.2, -0.15) is 0 Å². The number of esters is 1. The number of carbonyl (C=O) groups is 2. The summed E-state index contributed by atoms with van der Waals surface area (Å²) in [5, 5.41) is 8.31. The van der Waals surface area contributed by atoms with Crippen molar-refractivity contribution < 1.29 is 19.4 Å². The summed E-state index contributed by atoms with van der Waals surface area (Å²) in [4.78, 5) is 21.1. The quantitative estimate of drug-likeness (QED) is 0.505. The summed E-state index contributed by atoms with van der Waals surface area (Å²) in [7, 11) is 0. The van der Waals surface area contributed by atoms with Gasteiger partial charge in [0.2, 0.25) is 0 Å². The van der Waals surface area contributed by atoms with Crippen molar-refractivity contribution in [2.75, 3.05) is 6.61 Å². The zero-order valence-corrected chi connectivity index (χ0v) is 8.78. The lowest BCUT2D eigenvalue weighted by molar-refractivity contribution is -0.145. The third-order valence-corrected chi connectivity index (χ3v) is 1.72. The second-order valence-corrected chi connectivity index (χ2v) is 3.65. The van der Waals surface area contributed by atoms with Crippen LogP contribution in [0.2, 0.25) is 0 Å². The number of carboxylic acids is 1. The normalized spacial score (nSPS) is 10.2. The molecule has 0 aliphatic rings. The molecule has 82 valence electrons. The largest absolute Gasteiger partial charge is 0.481 e. The highest BCUT2D eigenvalue weighted by molar-refractivity contribution is 5.69. The molecule has 0 fully saturated rings. The molecular formula is C10H18O4. The fourth-order valence-corrected chi connectivity index (χ4v) is 0.888. The summed E-state index contributed by atoms with van der Waals surface area (Å²) >= 11 is 0. The summed E-state index contributed by atoms with van der Waals surface area (Å²) in [6, 6.07) is 0. The molecule has 0 atom stereocenters. The molecule has 0 aliphatic heterocycles. The average Bonchev–Trinajstić information content (AvgIpc) is 2.08. The lowest BCUT2D eigenvalue weighted by atomic mass is 10.1. The predicted molar refractivity (Wildman–Crippen MR) is 51.9 cm³/mol. The summed E-state index contributed by atoms with van der Waals surface area (Å²) in [5.41, 5.74) is 0. The Balaban J connectivity index is 3.31. The van der Waals surface area contributed by atoms with Gasteiger partial charge in [0.05, 0.1) is 6.61 Å². The Morgan fingerprint density at radius 3 is 2.43 bits per heavy atom. The number of carbonyl (C=O) groups excluding carboxylic acids is 1. The number of ether oxygens (including phenoxy) is 1. The fourth-order valence-electron chi connectivity index (χ4n) is 0.888. The first-order valence-corrected chi connectivity index (χ1v) is 4.89. The smallest absolute Gasteiger partial charge is 0.305 e. The Morgan fingerprint density at radius 1 is 1.29 bits per heavy atom. The van der Waals surface area contributed by atoms with Crippen LogP contribution in [0.25, 0.3) is 0 Å². The van der Waals surface area contributed by atoms with Crippen molar-refractivity contribution >= 4 is 11.9 Å². The van der Waals surface area contributed by atoms with Crippen LogP contribution in [0.3, 0.4) is 0 Å². The number of aliphatic carboxylic acids is 1. The van der Waals surface area contributed by atoms with Crippen LogP contribution in [-0.4, -0.2) is 23.7 Å². The van der Waals surface area contributed by atoms with Gasteiger partial charge in [-0.1, -0.05) is 13.8 Å². The molecule has 0 spiro atoms. The van der Waals surface area contributed by atoms with E-state index in [-0.39, 0.29) is 19.0 Å². The van der Waals surface area contributed by atoms with Gasteiger partial charge >= 0.3 is 11.9 Å². The third kappa shape index (κ3) is 9.03. The minimum Gasteiger partial charge on any atom is -0.481 e. The Kier molecular flexibility index (Phi) is 6.80. The van der Waals surface area contributed by atoms with Crippen molar-refractivity contribution in [2.24, 2.45) is 5.92 Å². The Bertz CT molecular complexity index is 187. The second kappa shape index (κ2) is 7.35. The molecule has 0 saturated heterocycles. The third-order valence-electron chi connectivity index (χ3n) is 1.72. The molecule has 0 aliphatic carbocycles. The number of rotatable bonds is 7. The van der Waals surface area contributed by atoms with Crippen molar-refractivity contribution in [2.45, 2.75) is 39.5 Å². The molecule has 14 heavy (non-hydrogen) atoms. The second-order valence-electron chi connectivity index (χ2n) is 3.65. The van der Waals surface area contributed by atoms with Gasteiger partial charge in [-0.05, 0) is 18.8 Å². The van der Waals surface area contributed by atoms with E-state index in [1.165, 1.54) is 0 Å². The molecule has 0 rings (SSSR count). The van der Waals surface area contributed by atoms with Gasteiger partial charge in [0, 0.05) is 12.8 Å². The fraction of sp³-hybridized carbons (Fsp3) is 0.800. The molecule has 0 bridgehead atoms. The molecular weight excluding hydrogens is 184 g/mol. The van der Waals surface area contributed by atoms with E-state index in [4.69, 9.17) is 9.84 Å². The van der Waals surface area contributed by atoms with E-state index in [2.05, 4.69) is 0 Å². The maximum absolute atomic E-state index is 11.0. The van der Waals surface area contributed by atoms with E-state index in [1.807, 2.05) is 13.8 Å². The topological polar surface area (TPSA) is 63.6 Å². The standard InChI is InChI=1S/C10H18O4/c1-8(2)5-6-10(13)14-7-3-4-9(11)12/h8H,3-7H2,1-2H3,(H,11,12). The molecule has 0 amide bonds. The maximum Gasteiger partial charge on any atom is 0.305 e. The molecule has 4 heteroatoms. The molecule has 0 aromatic rings. The summed E-state index contributed by atoms with van der Waals surface area (Å²) < 4.78 is 4.84. The van der Waals surface area contributed by atoms with Gasteiger partial charge in [0.1, 0.15) is 0 Å². The molecule has 0 aromatic heterocycles. The maximum atomic E-state index is 11.0. The summed E-state index contributed by atoms with van der Waals surface area (Å²) in [6.07, 6.45) is 1.68. The molecule has 1 N–H and O–H groups in total. The first kappa shape index (κ1) is 12.9. The van der Waals surface area contributed by atoms with Crippen molar-refractivity contribution in [1.82, 2.24) is 0 Å². The van der Waals surface area contributed by atoms with Crippen LogP contribution >= 0.6 is 0 Å².